The highest BCUT2D eigenvalue weighted by atomic mass is 32.2. The van der Waals surface area contributed by atoms with Crippen molar-refractivity contribution >= 4 is 32.2 Å². The van der Waals surface area contributed by atoms with Gasteiger partial charge in [0, 0.05) is 41.1 Å². The summed E-state index contributed by atoms with van der Waals surface area (Å²) in [5, 5.41) is 4.45. The predicted molar refractivity (Wildman–Crippen MR) is 134 cm³/mol. The average molecular weight is 534 g/mol. The Balaban J connectivity index is 1.84. The molecule has 0 radical (unpaired) electrons. The molecule has 0 aliphatic carbocycles. The molecule has 7 nitrogen and oxygen atoms in total. The van der Waals surface area contributed by atoms with E-state index in [2.05, 4.69) is 14.9 Å². The molecule has 1 unspecified atom stereocenters. The number of sulfone groups is 1. The molecule has 11 heteroatoms. The van der Waals surface area contributed by atoms with Crippen molar-refractivity contribution in [3.63, 3.8) is 0 Å². The second kappa shape index (κ2) is 9.89. The number of hydrogen-bond donors (Lipinski definition) is 1. The lowest BCUT2D eigenvalue weighted by Crippen LogP contribution is -2.42. The summed E-state index contributed by atoms with van der Waals surface area (Å²) in [6.45, 7) is 5.38. The smallest absolute Gasteiger partial charge is 0.192 e. The summed E-state index contributed by atoms with van der Waals surface area (Å²) in [6, 6.07) is 12.6. The minimum Gasteiger partial charge on any atom is -0.598 e. The number of halogens is 2. The number of pyridine rings is 1. The van der Waals surface area contributed by atoms with Gasteiger partial charge >= 0.3 is 0 Å². The van der Waals surface area contributed by atoms with Crippen molar-refractivity contribution < 1.29 is 26.3 Å². The number of nitrogens with zero attached hydrogens (tertiary/aromatic N) is 2. The van der Waals surface area contributed by atoms with E-state index < -0.39 is 43.6 Å². The molecule has 0 saturated heterocycles. The van der Waals surface area contributed by atoms with E-state index >= 15 is 0 Å². The van der Waals surface area contributed by atoms with Crippen molar-refractivity contribution in [2.24, 2.45) is 0 Å². The maximum atomic E-state index is 14.8. The van der Waals surface area contributed by atoms with Gasteiger partial charge < -0.3 is 9.08 Å². The van der Waals surface area contributed by atoms with Crippen molar-refractivity contribution in [2.75, 3.05) is 6.26 Å². The van der Waals surface area contributed by atoms with Gasteiger partial charge in [0.2, 0.25) is 0 Å². The van der Waals surface area contributed by atoms with Crippen LogP contribution < -0.4 is 4.72 Å². The lowest BCUT2D eigenvalue weighted by molar-refractivity contribution is 0.457. The van der Waals surface area contributed by atoms with Crippen LogP contribution in [0.1, 0.15) is 38.1 Å². The predicted octanol–water partition coefficient (Wildman–Crippen LogP) is 4.91. The Morgan fingerprint density at radius 2 is 1.83 bits per heavy atom. The summed E-state index contributed by atoms with van der Waals surface area (Å²) in [7, 11) is -3.67. The maximum absolute atomic E-state index is 14.8. The lowest BCUT2D eigenvalue weighted by atomic mass is 9.94. The second-order valence-electron chi connectivity index (χ2n) is 9.36. The molecule has 0 spiro atoms. The van der Waals surface area contributed by atoms with Crippen LogP contribution in [0.2, 0.25) is 0 Å². The zero-order valence-corrected chi connectivity index (χ0v) is 21.7. The molecule has 1 N–H and O–H groups in total. The molecule has 2 heterocycles. The van der Waals surface area contributed by atoms with Gasteiger partial charge in [-0.1, -0.05) is 29.4 Å². The van der Waals surface area contributed by atoms with E-state index in [1.54, 1.807) is 51.1 Å². The standard InChI is InChI=1S/C25H25F2N3O4S2/c1-25(2,3)35(31)30-20(14-21-19(27)11-12-23(28-21)36(4,32)33)16-7-5-6-8-17(16)24-18-10-9-15(26)13-22(18)34-29-24/h5-13,20,30H,14H2,1-4H3/t20-,35?/m0/s1. The summed E-state index contributed by atoms with van der Waals surface area (Å²) in [4.78, 5) is 4.05. The molecule has 4 rings (SSSR count). The van der Waals surface area contributed by atoms with Crippen LogP contribution in [0.25, 0.3) is 22.2 Å². The first-order valence-corrected chi connectivity index (χ1v) is 14.1. The van der Waals surface area contributed by atoms with Crippen LogP contribution >= 0.6 is 0 Å². The van der Waals surface area contributed by atoms with Crippen LogP contribution in [0.4, 0.5) is 8.78 Å². The number of benzene rings is 2. The minimum atomic E-state index is -3.67. The Labute approximate surface area is 211 Å². The minimum absolute atomic E-state index is 0.0942. The van der Waals surface area contributed by atoms with Crippen LogP contribution in [0.15, 0.2) is 64.1 Å². The fraction of sp³-hybridized carbons (Fsp3) is 0.280. The van der Waals surface area contributed by atoms with Gasteiger partial charge in [0.25, 0.3) is 0 Å². The van der Waals surface area contributed by atoms with Crippen LogP contribution in [0.3, 0.4) is 0 Å². The molecule has 2 aromatic heterocycles. The molecule has 0 bridgehead atoms. The summed E-state index contributed by atoms with van der Waals surface area (Å²) in [5.74, 6) is -1.15. The topological polar surface area (TPSA) is 108 Å². The van der Waals surface area contributed by atoms with E-state index in [4.69, 9.17) is 4.52 Å². The molecule has 36 heavy (non-hydrogen) atoms. The summed E-state index contributed by atoms with van der Waals surface area (Å²) in [5.41, 5.74) is 1.82. The Morgan fingerprint density at radius 1 is 1.11 bits per heavy atom. The van der Waals surface area contributed by atoms with Crippen LogP contribution in [0, 0.1) is 11.6 Å². The van der Waals surface area contributed by atoms with Crippen molar-refractivity contribution in [3.05, 3.63) is 77.5 Å². The van der Waals surface area contributed by atoms with Gasteiger partial charge in [0.1, 0.15) is 22.1 Å². The average Bonchev–Trinajstić information content (AvgIpc) is 3.21. The van der Waals surface area contributed by atoms with E-state index in [0.717, 1.165) is 18.4 Å². The third kappa shape index (κ3) is 5.59. The maximum Gasteiger partial charge on any atom is 0.192 e. The third-order valence-corrected chi connectivity index (χ3v) is 8.10. The molecule has 0 saturated carbocycles. The van der Waals surface area contributed by atoms with Crippen molar-refractivity contribution in [1.82, 2.24) is 14.9 Å². The Bertz CT molecular complexity index is 1520. The summed E-state index contributed by atoms with van der Waals surface area (Å²) in [6.07, 6.45) is 0.896. The Hall–Kier alpha value is -2.86. The fourth-order valence-corrected chi connectivity index (χ4v) is 5.06. The first kappa shape index (κ1) is 26.2. The van der Waals surface area contributed by atoms with Gasteiger partial charge in [-0.05, 0) is 50.6 Å². The number of rotatable bonds is 7. The normalized spacial score (nSPS) is 14.2. The zero-order chi connectivity index (χ0) is 26.3. The van der Waals surface area contributed by atoms with Crippen LogP contribution in [-0.4, -0.2) is 34.1 Å². The summed E-state index contributed by atoms with van der Waals surface area (Å²) >= 11 is -1.57. The third-order valence-electron chi connectivity index (χ3n) is 5.50. The van der Waals surface area contributed by atoms with Gasteiger partial charge in [-0.15, -0.1) is 4.72 Å². The Kier molecular flexibility index (Phi) is 7.20. The SMILES string of the molecule is CC(C)(C)[S+]([O-])N[C@@H](Cc1nc(S(C)(=O)=O)ccc1F)c1ccccc1-c1noc2cc(F)ccc12. The van der Waals surface area contributed by atoms with Gasteiger partial charge in [0.15, 0.2) is 20.4 Å². The number of hydrogen-bond acceptors (Lipinski definition) is 7. The van der Waals surface area contributed by atoms with Gasteiger partial charge in [0.05, 0.1) is 11.7 Å². The van der Waals surface area contributed by atoms with Gasteiger partial charge in [-0.2, -0.15) is 0 Å². The highest BCUT2D eigenvalue weighted by Crippen LogP contribution is 2.35. The zero-order valence-electron chi connectivity index (χ0n) is 20.1. The molecular formula is C25H25F2N3O4S2. The Morgan fingerprint density at radius 3 is 2.53 bits per heavy atom. The molecule has 0 amide bonds. The number of fused-ring (bicyclic) bond motifs is 1. The summed E-state index contributed by atoms with van der Waals surface area (Å²) < 4.78 is 73.4. The first-order chi connectivity index (χ1) is 16.8. The van der Waals surface area contributed by atoms with Crippen molar-refractivity contribution in [2.45, 2.75) is 43.0 Å². The van der Waals surface area contributed by atoms with Gasteiger partial charge in [-0.25, -0.2) is 22.2 Å². The molecule has 2 atom stereocenters. The van der Waals surface area contributed by atoms with E-state index in [1.807, 2.05) is 0 Å². The molecule has 190 valence electrons. The second-order valence-corrected chi connectivity index (χ2v) is 13.3. The van der Waals surface area contributed by atoms with Crippen LogP contribution in [0.5, 0.6) is 0 Å². The van der Waals surface area contributed by atoms with E-state index in [1.165, 1.54) is 12.1 Å². The number of aromatic nitrogens is 2. The highest BCUT2D eigenvalue weighted by molar-refractivity contribution is 7.91. The molecular weight excluding hydrogens is 508 g/mol. The van der Waals surface area contributed by atoms with Crippen LogP contribution in [-0.2, 0) is 27.6 Å². The van der Waals surface area contributed by atoms with E-state index in [-0.39, 0.29) is 22.7 Å². The molecule has 0 fully saturated rings. The molecule has 4 aromatic rings. The lowest BCUT2D eigenvalue weighted by Gasteiger charge is -2.29. The quantitative estimate of drug-likeness (QED) is 0.336. The molecule has 0 aliphatic rings. The van der Waals surface area contributed by atoms with Crippen molar-refractivity contribution in [1.29, 1.82) is 0 Å². The van der Waals surface area contributed by atoms with E-state index in [0.29, 0.717) is 22.2 Å². The first-order valence-electron chi connectivity index (χ1n) is 11.0. The largest absolute Gasteiger partial charge is 0.598 e. The highest BCUT2D eigenvalue weighted by Gasteiger charge is 2.32. The number of nitrogens with one attached hydrogen (secondary N) is 1. The van der Waals surface area contributed by atoms with Crippen molar-refractivity contribution in [3.8, 4) is 11.3 Å². The van der Waals surface area contributed by atoms with E-state index in [9.17, 15) is 21.8 Å². The molecule has 2 aromatic carbocycles. The van der Waals surface area contributed by atoms with Gasteiger partial charge in [-0.3, -0.25) is 0 Å². The monoisotopic (exact) mass is 533 g/mol. The fourth-order valence-electron chi connectivity index (χ4n) is 3.65. The molecule has 0 aliphatic heterocycles.